The lowest BCUT2D eigenvalue weighted by Crippen LogP contribution is -2.30. The predicted molar refractivity (Wildman–Crippen MR) is 81.0 cm³/mol. The first-order chi connectivity index (χ1) is 8.45. The molecule has 0 spiro atoms. The van der Waals surface area contributed by atoms with Crippen molar-refractivity contribution in [2.24, 2.45) is 11.7 Å². The van der Waals surface area contributed by atoms with Crippen LogP contribution in [0.15, 0.2) is 24.3 Å². The summed E-state index contributed by atoms with van der Waals surface area (Å²) in [7, 11) is 2.17. The maximum atomic E-state index is 6.03. The van der Waals surface area contributed by atoms with E-state index in [0.717, 1.165) is 12.3 Å². The fourth-order valence-electron chi connectivity index (χ4n) is 2.29. The van der Waals surface area contributed by atoms with Gasteiger partial charge in [0.25, 0.3) is 0 Å². The van der Waals surface area contributed by atoms with Crippen molar-refractivity contribution >= 4 is 5.69 Å². The first-order valence-corrected chi connectivity index (χ1v) is 7.04. The predicted octanol–water partition coefficient (Wildman–Crippen LogP) is 3.97. The summed E-state index contributed by atoms with van der Waals surface area (Å²) in [5.41, 5.74) is 8.53. The van der Waals surface area contributed by atoms with Crippen LogP contribution in [0.1, 0.15) is 52.1 Å². The first-order valence-electron chi connectivity index (χ1n) is 7.04. The molecule has 0 heterocycles. The third-order valence-electron chi connectivity index (χ3n) is 3.64. The molecular weight excluding hydrogens is 220 g/mol. The molecule has 2 N–H and O–H groups in total. The van der Waals surface area contributed by atoms with Crippen molar-refractivity contribution in [3.05, 3.63) is 29.8 Å². The van der Waals surface area contributed by atoms with Gasteiger partial charge in [0.15, 0.2) is 0 Å². The lowest BCUT2D eigenvalue weighted by atomic mass is 10.0. The van der Waals surface area contributed by atoms with E-state index in [1.165, 1.54) is 17.7 Å². The van der Waals surface area contributed by atoms with Crippen LogP contribution < -0.4 is 10.6 Å². The Kier molecular flexibility index (Phi) is 5.67. The lowest BCUT2D eigenvalue weighted by Gasteiger charge is -2.28. The monoisotopic (exact) mass is 248 g/mol. The largest absolute Gasteiger partial charge is 0.372 e. The Morgan fingerprint density at radius 1 is 1.11 bits per heavy atom. The molecule has 0 bridgehead atoms. The van der Waals surface area contributed by atoms with Crippen LogP contribution in [0.25, 0.3) is 0 Å². The van der Waals surface area contributed by atoms with Gasteiger partial charge >= 0.3 is 0 Å². The molecule has 0 aliphatic heterocycles. The summed E-state index contributed by atoms with van der Waals surface area (Å²) in [6.45, 7) is 8.95. The smallest absolute Gasteiger partial charge is 0.0366 e. The molecule has 0 amide bonds. The summed E-state index contributed by atoms with van der Waals surface area (Å²) in [5.74, 6) is 0.732. The van der Waals surface area contributed by atoms with E-state index in [1.807, 2.05) is 0 Å². The molecule has 0 saturated carbocycles. The van der Waals surface area contributed by atoms with Crippen LogP contribution in [-0.4, -0.2) is 13.1 Å². The second kappa shape index (κ2) is 6.79. The van der Waals surface area contributed by atoms with E-state index < -0.39 is 0 Å². The van der Waals surface area contributed by atoms with Gasteiger partial charge in [0.2, 0.25) is 0 Å². The van der Waals surface area contributed by atoms with Crippen molar-refractivity contribution in [2.45, 2.75) is 52.6 Å². The number of rotatable bonds is 6. The summed E-state index contributed by atoms with van der Waals surface area (Å²) < 4.78 is 0. The van der Waals surface area contributed by atoms with Crippen molar-refractivity contribution in [3.8, 4) is 0 Å². The van der Waals surface area contributed by atoms with Crippen molar-refractivity contribution in [2.75, 3.05) is 11.9 Å². The SMILES string of the molecule is CCC(N)c1ccc(N(C)C(C)CC(C)C)cc1. The van der Waals surface area contributed by atoms with E-state index in [4.69, 9.17) is 5.73 Å². The van der Waals surface area contributed by atoms with Gasteiger partial charge in [0.1, 0.15) is 0 Å². The summed E-state index contributed by atoms with van der Waals surface area (Å²) in [4.78, 5) is 2.35. The van der Waals surface area contributed by atoms with Crippen molar-refractivity contribution in [1.29, 1.82) is 0 Å². The zero-order chi connectivity index (χ0) is 13.7. The highest BCUT2D eigenvalue weighted by Crippen LogP contribution is 2.22. The first kappa shape index (κ1) is 15.0. The Bertz CT molecular complexity index is 343. The molecule has 1 aromatic carbocycles. The summed E-state index contributed by atoms with van der Waals surface area (Å²) in [5, 5.41) is 0. The van der Waals surface area contributed by atoms with Gasteiger partial charge in [-0.25, -0.2) is 0 Å². The Balaban J connectivity index is 2.72. The average Bonchev–Trinajstić information content (AvgIpc) is 2.36. The fraction of sp³-hybridized carbons (Fsp3) is 0.625. The van der Waals surface area contributed by atoms with Gasteiger partial charge in [-0.15, -0.1) is 0 Å². The van der Waals surface area contributed by atoms with Gasteiger partial charge in [-0.05, 0) is 43.4 Å². The quantitative estimate of drug-likeness (QED) is 0.825. The molecule has 1 aromatic rings. The molecule has 102 valence electrons. The minimum absolute atomic E-state index is 0.164. The zero-order valence-corrected chi connectivity index (χ0v) is 12.5. The van der Waals surface area contributed by atoms with E-state index in [1.54, 1.807) is 0 Å². The highest BCUT2D eigenvalue weighted by Gasteiger charge is 2.12. The maximum Gasteiger partial charge on any atom is 0.0366 e. The summed E-state index contributed by atoms with van der Waals surface area (Å²) in [6.07, 6.45) is 2.20. The Morgan fingerprint density at radius 3 is 2.11 bits per heavy atom. The molecule has 0 aliphatic rings. The topological polar surface area (TPSA) is 29.3 Å². The number of nitrogens with two attached hydrogens (primary N) is 1. The standard InChI is InChI=1S/C16H28N2/c1-6-16(17)14-7-9-15(10-8-14)18(5)13(4)11-12(2)3/h7-10,12-13,16H,6,11,17H2,1-5H3. The van der Waals surface area contributed by atoms with Crippen molar-refractivity contribution < 1.29 is 0 Å². The molecule has 0 radical (unpaired) electrons. The molecule has 2 unspecified atom stereocenters. The summed E-state index contributed by atoms with van der Waals surface area (Å²) in [6, 6.07) is 9.40. The fourth-order valence-corrected chi connectivity index (χ4v) is 2.29. The van der Waals surface area contributed by atoms with Crippen LogP contribution in [0, 0.1) is 5.92 Å². The minimum Gasteiger partial charge on any atom is -0.372 e. The Hall–Kier alpha value is -1.02. The third kappa shape index (κ3) is 4.02. The maximum absolute atomic E-state index is 6.03. The van der Waals surface area contributed by atoms with Crippen LogP contribution in [0.5, 0.6) is 0 Å². The van der Waals surface area contributed by atoms with Crippen LogP contribution >= 0.6 is 0 Å². The Labute approximate surface area is 112 Å². The van der Waals surface area contributed by atoms with E-state index in [2.05, 4.69) is 63.9 Å². The highest BCUT2D eigenvalue weighted by atomic mass is 15.1. The van der Waals surface area contributed by atoms with E-state index in [9.17, 15) is 0 Å². The molecule has 0 saturated heterocycles. The molecule has 0 aromatic heterocycles. The molecule has 18 heavy (non-hydrogen) atoms. The molecule has 0 fully saturated rings. The number of nitrogens with zero attached hydrogens (tertiary/aromatic N) is 1. The van der Waals surface area contributed by atoms with Gasteiger partial charge in [-0.2, -0.15) is 0 Å². The van der Waals surface area contributed by atoms with E-state index in [-0.39, 0.29) is 6.04 Å². The number of anilines is 1. The van der Waals surface area contributed by atoms with Crippen LogP contribution in [0.2, 0.25) is 0 Å². The number of benzene rings is 1. The zero-order valence-electron chi connectivity index (χ0n) is 12.5. The molecule has 2 atom stereocenters. The van der Waals surface area contributed by atoms with Gasteiger partial charge in [-0.1, -0.05) is 32.9 Å². The highest BCUT2D eigenvalue weighted by molar-refractivity contribution is 5.48. The molecule has 0 aliphatic carbocycles. The van der Waals surface area contributed by atoms with Gasteiger partial charge in [0, 0.05) is 24.8 Å². The molecule has 2 heteroatoms. The van der Waals surface area contributed by atoms with Crippen LogP contribution in [0.3, 0.4) is 0 Å². The molecular formula is C16H28N2. The molecule has 1 rings (SSSR count). The van der Waals surface area contributed by atoms with Crippen LogP contribution in [0.4, 0.5) is 5.69 Å². The lowest BCUT2D eigenvalue weighted by molar-refractivity contribution is 0.504. The van der Waals surface area contributed by atoms with Crippen LogP contribution in [-0.2, 0) is 0 Å². The van der Waals surface area contributed by atoms with E-state index in [0.29, 0.717) is 6.04 Å². The second-order valence-corrected chi connectivity index (χ2v) is 5.70. The third-order valence-corrected chi connectivity index (χ3v) is 3.64. The normalized spacial score (nSPS) is 14.6. The number of hydrogen-bond acceptors (Lipinski definition) is 2. The number of hydrogen-bond donors (Lipinski definition) is 1. The average molecular weight is 248 g/mol. The molecule has 2 nitrogen and oxygen atoms in total. The van der Waals surface area contributed by atoms with Gasteiger partial charge < -0.3 is 10.6 Å². The summed E-state index contributed by atoms with van der Waals surface area (Å²) >= 11 is 0. The minimum atomic E-state index is 0.164. The Morgan fingerprint density at radius 2 is 1.67 bits per heavy atom. The van der Waals surface area contributed by atoms with Crippen molar-refractivity contribution in [3.63, 3.8) is 0 Å². The van der Waals surface area contributed by atoms with E-state index >= 15 is 0 Å². The second-order valence-electron chi connectivity index (χ2n) is 5.70. The van der Waals surface area contributed by atoms with Crippen molar-refractivity contribution in [1.82, 2.24) is 0 Å². The van der Waals surface area contributed by atoms with Gasteiger partial charge in [0.05, 0.1) is 0 Å². The van der Waals surface area contributed by atoms with Gasteiger partial charge in [-0.3, -0.25) is 0 Å².